The van der Waals surface area contributed by atoms with E-state index in [1.165, 1.54) is 25.3 Å². The van der Waals surface area contributed by atoms with E-state index in [0.29, 0.717) is 5.56 Å². The summed E-state index contributed by atoms with van der Waals surface area (Å²) in [6, 6.07) is 1.76. The van der Waals surface area contributed by atoms with Gasteiger partial charge in [-0.1, -0.05) is 5.16 Å². The van der Waals surface area contributed by atoms with E-state index in [9.17, 15) is 13.2 Å². The van der Waals surface area contributed by atoms with Crippen molar-refractivity contribution in [2.75, 3.05) is 13.6 Å². The molecule has 10 heteroatoms. The highest BCUT2D eigenvalue weighted by molar-refractivity contribution is 7.89. The average molecular weight is 409 g/mol. The van der Waals surface area contributed by atoms with Crippen LogP contribution in [-0.4, -0.2) is 46.8 Å². The predicted molar refractivity (Wildman–Crippen MR) is 101 cm³/mol. The van der Waals surface area contributed by atoms with Gasteiger partial charge in [0, 0.05) is 35.6 Å². The Kier molecular flexibility index (Phi) is 5.06. The molecule has 0 atom stereocenters. The summed E-state index contributed by atoms with van der Waals surface area (Å²) in [5.41, 5.74) is 2.34. The first-order valence-electron chi connectivity index (χ1n) is 8.15. The SMILES string of the molecule is Cc1noc(C)c1S(=O)(=O)N(C)CC(=O)c1cc(C)n(-c2nccs2)c1C. The molecule has 0 aliphatic rings. The van der Waals surface area contributed by atoms with Gasteiger partial charge in [-0.3, -0.25) is 9.36 Å². The van der Waals surface area contributed by atoms with Gasteiger partial charge < -0.3 is 4.52 Å². The van der Waals surface area contributed by atoms with E-state index in [1.54, 1.807) is 19.2 Å². The highest BCUT2D eigenvalue weighted by Gasteiger charge is 2.30. The third-order valence-corrected chi connectivity index (χ3v) is 7.15. The Morgan fingerprint density at radius 1 is 1.30 bits per heavy atom. The summed E-state index contributed by atoms with van der Waals surface area (Å²) in [4.78, 5) is 17.1. The maximum Gasteiger partial charge on any atom is 0.248 e. The molecule has 0 bridgehead atoms. The number of Topliss-reactive ketones (excluding diaryl/α,β-unsaturated/α-hetero) is 1. The number of likely N-dealkylation sites (N-methyl/N-ethyl adjacent to an activating group) is 1. The van der Waals surface area contributed by atoms with Gasteiger partial charge in [0.2, 0.25) is 10.0 Å². The molecule has 3 aromatic rings. The Hall–Kier alpha value is -2.30. The van der Waals surface area contributed by atoms with Gasteiger partial charge >= 0.3 is 0 Å². The molecule has 0 N–H and O–H groups in total. The number of thiazole rings is 1. The molecule has 8 nitrogen and oxygen atoms in total. The van der Waals surface area contributed by atoms with Gasteiger partial charge in [0.1, 0.15) is 10.6 Å². The van der Waals surface area contributed by atoms with Crippen LogP contribution >= 0.6 is 11.3 Å². The van der Waals surface area contributed by atoms with Crippen LogP contribution in [0.3, 0.4) is 0 Å². The molecule has 27 heavy (non-hydrogen) atoms. The normalized spacial score (nSPS) is 12.1. The number of aromatic nitrogens is 3. The largest absolute Gasteiger partial charge is 0.360 e. The second-order valence-electron chi connectivity index (χ2n) is 6.27. The number of carbonyl (C=O) groups excluding carboxylic acids is 1. The molecular formula is C17H20N4O4S2. The number of nitrogens with zero attached hydrogens (tertiary/aromatic N) is 4. The van der Waals surface area contributed by atoms with E-state index in [1.807, 2.05) is 23.8 Å². The summed E-state index contributed by atoms with van der Waals surface area (Å²) in [7, 11) is -2.51. The van der Waals surface area contributed by atoms with Crippen molar-refractivity contribution in [1.82, 2.24) is 19.0 Å². The summed E-state index contributed by atoms with van der Waals surface area (Å²) >= 11 is 1.47. The fourth-order valence-corrected chi connectivity index (χ4v) is 5.20. The molecule has 0 saturated carbocycles. The van der Waals surface area contributed by atoms with Gasteiger partial charge in [-0.05, 0) is 33.8 Å². The van der Waals surface area contributed by atoms with Gasteiger partial charge in [0.15, 0.2) is 16.7 Å². The number of rotatable bonds is 6. The van der Waals surface area contributed by atoms with E-state index in [2.05, 4.69) is 10.1 Å². The summed E-state index contributed by atoms with van der Waals surface area (Å²) < 4.78 is 33.5. The van der Waals surface area contributed by atoms with E-state index in [4.69, 9.17) is 4.52 Å². The lowest BCUT2D eigenvalue weighted by Gasteiger charge is -2.16. The molecular weight excluding hydrogens is 388 g/mol. The minimum atomic E-state index is -3.88. The zero-order valence-corrected chi connectivity index (χ0v) is 17.3. The second-order valence-corrected chi connectivity index (χ2v) is 9.13. The summed E-state index contributed by atoms with van der Waals surface area (Å²) in [5.74, 6) is -0.0857. The lowest BCUT2D eigenvalue weighted by molar-refractivity contribution is 0.0972. The van der Waals surface area contributed by atoms with Crippen LogP contribution in [0, 0.1) is 27.7 Å². The quantitative estimate of drug-likeness (QED) is 0.582. The molecule has 3 rings (SSSR count). The highest BCUT2D eigenvalue weighted by Crippen LogP contribution is 2.25. The van der Waals surface area contributed by atoms with E-state index in [0.717, 1.165) is 20.8 Å². The van der Waals surface area contributed by atoms with Crippen molar-refractivity contribution in [3.8, 4) is 5.13 Å². The summed E-state index contributed by atoms with van der Waals surface area (Å²) in [6.07, 6.45) is 1.70. The monoisotopic (exact) mass is 408 g/mol. The number of aryl methyl sites for hydroxylation is 3. The van der Waals surface area contributed by atoms with Crippen molar-refractivity contribution in [1.29, 1.82) is 0 Å². The van der Waals surface area contributed by atoms with Crippen molar-refractivity contribution in [3.63, 3.8) is 0 Å². The van der Waals surface area contributed by atoms with Gasteiger partial charge in [-0.25, -0.2) is 13.4 Å². The molecule has 144 valence electrons. The van der Waals surface area contributed by atoms with Gasteiger partial charge in [0.05, 0.1) is 6.54 Å². The van der Waals surface area contributed by atoms with Crippen LogP contribution in [0.2, 0.25) is 0 Å². The van der Waals surface area contributed by atoms with Crippen molar-refractivity contribution >= 4 is 27.1 Å². The average Bonchev–Trinajstić information content (AvgIpc) is 3.28. The second kappa shape index (κ2) is 7.02. The van der Waals surface area contributed by atoms with Crippen LogP contribution < -0.4 is 0 Å². The lowest BCUT2D eigenvalue weighted by atomic mass is 10.1. The smallest absolute Gasteiger partial charge is 0.248 e. The molecule has 0 aliphatic carbocycles. The fourth-order valence-electron chi connectivity index (χ4n) is 3.04. The Morgan fingerprint density at radius 3 is 2.56 bits per heavy atom. The highest BCUT2D eigenvalue weighted by atomic mass is 32.2. The number of hydrogen-bond acceptors (Lipinski definition) is 7. The van der Waals surface area contributed by atoms with Crippen molar-refractivity contribution < 1.29 is 17.7 Å². The van der Waals surface area contributed by atoms with Crippen molar-refractivity contribution in [2.45, 2.75) is 32.6 Å². The molecule has 3 aromatic heterocycles. The number of hydrogen-bond donors (Lipinski definition) is 0. The predicted octanol–water partition coefficient (Wildman–Crippen LogP) is 2.66. The fraction of sp³-hybridized carbons (Fsp3) is 0.353. The van der Waals surface area contributed by atoms with E-state index in [-0.39, 0.29) is 28.7 Å². The zero-order valence-electron chi connectivity index (χ0n) is 15.7. The van der Waals surface area contributed by atoms with Crippen LogP contribution in [0.25, 0.3) is 5.13 Å². The van der Waals surface area contributed by atoms with Gasteiger partial charge in [-0.15, -0.1) is 11.3 Å². The summed E-state index contributed by atoms with van der Waals surface area (Å²) in [6.45, 7) is 6.51. The van der Waals surface area contributed by atoms with E-state index >= 15 is 0 Å². The van der Waals surface area contributed by atoms with E-state index < -0.39 is 10.0 Å². The van der Waals surface area contributed by atoms with Crippen LogP contribution in [0.1, 0.15) is 33.2 Å². The van der Waals surface area contributed by atoms with Crippen LogP contribution in [0.15, 0.2) is 27.1 Å². The zero-order chi connectivity index (χ0) is 19.9. The summed E-state index contributed by atoms with van der Waals surface area (Å²) in [5, 5.41) is 6.31. The molecule has 0 spiro atoms. The van der Waals surface area contributed by atoms with Crippen molar-refractivity contribution in [2.24, 2.45) is 0 Å². The minimum Gasteiger partial charge on any atom is -0.360 e. The van der Waals surface area contributed by atoms with Gasteiger partial charge in [0.25, 0.3) is 0 Å². The molecule has 0 saturated heterocycles. The molecule has 0 aliphatic heterocycles. The first-order chi connectivity index (χ1) is 12.6. The standard InChI is InChI=1S/C17H20N4O4S2/c1-10-8-14(12(3)21(10)17-18-6-7-26-17)15(22)9-20(5)27(23,24)16-11(2)19-25-13(16)4/h6-8H,9H2,1-5H3. The minimum absolute atomic E-state index is 0.00561. The topological polar surface area (TPSA) is 98.3 Å². The maximum absolute atomic E-state index is 12.8. The first-order valence-corrected chi connectivity index (χ1v) is 10.5. The number of carbonyl (C=O) groups is 1. The van der Waals surface area contributed by atoms with Crippen LogP contribution in [0.5, 0.6) is 0 Å². The Balaban J connectivity index is 1.89. The molecule has 3 heterocycles. The number of ketones is 1. The van der Waals surface area contributed by atoms with Crippen LogP contribution in [-0.2, 0) is 10.0 Å². The Morgan fingerprint density at radius 2 is 2.00 bits per heavy atom. The van der Waals surface area contributed by atoms with Gasteiger partial charge in [-0.2, -0.15) is 4.31 Å². The molecule has 0 amide bonds. The lowest BCUT2D eigenvalue weighted by Crippen LogP contribution is -2.33. The van der Waals surface area contributed by atoms with Crippen molar-refractivity contribution in [3.05, 3.63) is 46.0 Å². The number of sulfonamides is 1. The Labute approximate surface area is 161 Å². The van der Waals surface area contributed by atoms with Crippen LogP contribution in [0.4, 0.5) is 0 Å². The third-order valence-electron chi connectivity index (χ3n) is 4.34. The maximum atomic E-state index is 12.8. The molecule has 0 radical (unpaired) electrons. The third kappa shape index (κ3) is 3.35. The Bertz CT molecular complexity index is 1080. The molecule has 0 aromatic carbocycles. The molecule has 0 fully saturated rings. The first kappa shape index (κ1) is 19.5. The molecule has 0 unspecified atom stereocenters.